The standard InChI is InChI=1S/C10H6ClF3N2.C8H11FN2O.C6H12/c11-5-1-2-8-6(3-5)7(15)4-9(16-8)10(12,13)14;1-6-4-7(8(10)12)5-11(6)3-2-9;1-2-4-6-5-3-1/h1-4H,(H2,15,16);4-5H,2-3H2,1H3,(H2,10,12);1-6H2. The van der Waals surface area contributed by atoms with Crippen LogP contribution in [0.15, 0.2) is 36.5 Å². The molecule has 0 bridgehead atoms. The minimum Gasteiger partial charge on any atom is -0.398 e. The van der Waals surface area contributed by atoms with Crippen molar-refractivity contribution in [1.82, 2.24) is 9.55 Å². The highest BCUT2D eigenvalue weighted by molar-refractivity contribution is 6.31. The molecule has 1 fully saturated rings. The van der Waals surface area contributed by atoms with E-state index in [0.29, 0.717) is 16.0 Å². The van der Waals surface area contributed by atoms with Gasteiger partial charge in [0.15, 0.2) is 0 Å². The van der Waals surface area contributed by atoms with Crippen molar-refractivity contribution in [2.24, 2.45) is 5.73 Å². The Bertz CT molecular complexity index is 1080. The highest BCUT2D eigenvalue weighted by Gasteiger charge is 2.33. The number of halogens is 5. The molecule has 10 heteroatoms. The third-order valence-corrected chi connectivity index (χ3v) is 5.55. The fraction of sp³-hybridized carbons (Fsp3) is 0.417. The molecule has 2 aromatic heterocycles. The van der Waals surface area contributed by atoms with E-state index in [1.807, 2.05) is 6.92 Å². The molecule has 0 radical (unpaired) electrons. The molecule has 1 saturated carbocycles. The van der Waals surface area contributed by atoms with Crippen LogP contribution in [-0.2, 0) is 12.7 Å². The maximum atomic E-state index is 12.4. The lowest BCUT2D eigenvalue weighted by Gasteiger charge is -2.09. The molecule has 4 rings (SSSR count). The Kier molecular flexibility index (Phi) is 10.2. The van der Waals surface area contributed by atoms with Crippen LogP contribution in [-0.4, -0.2) is 22.1 Å². The first-order valence-electron chi connectivity index (χ1n) is 11.0. The van der Waals surface area contributed by atoms with Gasteiger partial charge in [0.05, 0.1) is 17.6 Å². The monoisotopic (exact) mass is 500 g/mol. The molecule has 0 atom stereocenters. The number of carbonyl (C=O) groups excluding carboxylic acids is 1. The van der Waals surface area contributed by atoms with Crippen molar-refractivity contribution in [3.8, 4) is 0 Å². The van der Waals surface area contributed by atoms with Gasteiger partial charge in [0.1, 0.15) is 12.4 Å². The van der Waals surface area contributed by atoms with Gasteiger partial charge in [-0.15, -0.1) is 0 Å². The number of benzene rings is 1. The lowest BCUT2D eigenvalue weighted by molar-refractivity contribution is -0.140. The molecular formula is C24H29ClF4N4O. The van der Waals surface area contributed by atoms with E-state index in [0.717, 1.165) is 11.8 Å². The number of carbonyl (C=O) groups is 1. The molecule has 3 aromatic rings. The average molecular weight is 501 g/mol. The van der Waals surface area contributed by atoms with Crippen molar-refractivity contribution < 1.29 is 22.4 Å². The summed E-state index contributed by atoms with van der Waals surface area (Å²) in [5.74, 6) is -0.476. The number of aryl methyl sites for hydroxylation is 2. The molecule has 34 heavy (non-hydrogen) atoms. The SMILES string of the molecule is C1CCCCC1.Cc1cc(C(N)=O)cn1CCF.Nc1cc(C(F)(F)F)nc2ccc(Cl)cc12. The molecule has 1 amide bonds. The van der Waals surface area contributed by atoms with E-state index in [9.17, 15) is 22.4 Å². The van der Waals surface area contributed by atoms with Crippen LogP contribution in [0, 0.1) is 6.92 Å². The fourth-order valence-corrected chi connectivity index (χ4v) is 3.68. The summed E-state index contributed by atoms with van der Waals surface area (Å²) in [6.07, 6.45) is 6.07. The van der Waals surface area contributed by atoms with Crippen LogP contribution in [0.25, 0.3) is 10.9 Å². The second-order valence-electron chi connectivity index (χ2n) is 7.99. The lowest BCUT2D eigenvalue weighted by Crippen LogP contribution is -2.09. The van der Waals surface area contributed by atoms with Crippen LogP contribution < -0.4 is 11.5 Å². The predicted octanol–water partition coefficient (Wildman–Crippen LogP) is 6.69. The first kappa shape index (κ1) is 27.4. The second-order valence-corrected chi connectivity index (χ2v) is 8.43. The van der Waals surface area contributed by atoms with Gasteiger partial charge in [-0.3, -0.25) is 4.79 Å². The van der Waals surface area contributed by atoms with E-state index in [1.54, 1.807) is 16.8 Å². The smallest absolute Gasteiger partial charge is 0.398 e. The molecule has 1 aliphatic rings. The van der Waals surface area contributed by atoms with Crippen molar-refractivity contribution in [3.05, 3.63) is 58.5 Å². The van der Waals surface area contributed by atoms with Gasteiger partial charge in [-0.25, -0.2) is 9.37 Å². The number of rotatable bonds is 3. The van der Waals surface area contributed by atoms with Gasteiger partial charge < -0.3 is 16.0 Å². The molecule has 1 aromatic carbocycles. The Hall–Kier alpha value is -2.81. The Morgan fingerprint density at radius 3 is 2.15 bits per heavy atom. The zero-order valence-electron chi connectivity index (χ0n) is 19.0. The third-order valence-electron chi connectivity index (χ3n) is 5.32. The number of hydrogen-bond acceptors (Lipinski definition) is 3. The average Bonchev–Trinajstić information content (AvgIpc) is 3.17. The van der Waals surface area contributed by atoms with E-state index < -0.39 is 24.5 Å². The topological polar surface area (TPSA) is 86.9 Å². The third kappa shape index (κ3) is 8.20. The van der Waals surface area contributed by atoms with Crippen LogP contribution in [0.2, 0.25) is 5.02 Å². The first-order chi connectivity index (χ1) is 16.0. The number of nitrogens with zero attached hydrogens (tertiary/aromatic N) is 2. The minimum atomic E-state index is -4.50. The van der Waals surface area contributed by atoms with Crippen LogP contribution >= 0.6 is 11.6 Å². The van der Waals surface area contributed by atoms with Gasteiger partial charge in [0, 0.05) is 28.0 Å². The van der Waals surface area contributed by atoms with Crippen molar-refractivity contribution in [3.63, 3.8) is 0 Å². The van der Waals surface area contributed by atoms with E-state index in [4.69, 9.17) is 23.1 Å². The lowest BCUT2D eigenvalue weighted by atomic mass is 10.0. The maximum Gasteiger partial charge on any atom is 0.433 e. The van der Waals surface area contributed by atoms with E-state index in [-0.39, 0.29) is 17.7 Å². The number of nitrogen functional groups attached to an aromatic ring is 1. The van der Waals surface area contributed by atoms with Crippen LogP contribution in [0.3, 0.4) is 0 Å². The minimum absolute atomic E-state index is 0.0137. The van der Waals surface area contributed by atoms with Crippen LogP contribution in [0.5, 0.6) is 0 Å². The molecular weight excluding hydrogens is 472 g/mol. The summed E-state index contributed by atoms with van der Waals surface area (Å²) < 4.78 is 50.9. The molecule has 186 valence electrons. The van der Waals surface area contributed by atoms with Gasteiger partial charge in [-0.05, 0) is 37.3 Å². The number of fused-ring (bicyclic) bond motifs is 1. The Morgan fingerprint density at radius 1 is 1.09 bits per heavy atom. The summed E-state index contributed by atoms with van der Waals surface area (Å²) in [5.41, 5.74) is 11.0. The van der Waals surface area contributed by atoms with Gasteiger partial charge in [-0.2, -0.15) is 13.2 Å². The molecule has 1 aliphatic carbocycles. The largest absolute Gasteiger partial charge is 0.433 e. The Balaban J connectivity index is 0.000000199. The number of pyridine rings is 1. The van der Waals surface area contributed by atoms with Crippen LogP contribution in [0.1, 0.15) is 60.3 Å². The van der Waals surface area contributed by atoms with Gasteiger partial charge in [0.2, 0.25) is 5.91 Å². The molecule has 0 spiro atoms. The van der Waals surface area contributed by atoms with Gasteiger partial charge >= 0.3 is 6.18 Å². The highest BCUT2D eigenvalue weighted by Crippen LogP contribution is 2.32. The number of primary amides is 1. The molecule has 4 N–H and O–H groups in total. The Labute approximate surface area is 201 Å². The number of aromatic nitrogens is 2. The molecule has 0 saturated heterocycles. The van der Waals surface area contributed by atoms with E-state index in [2.05, 4.69) is 4.98 Å². The summed E-state index contributed by atoms with van der Waals surface area (Å²) in [7, 11) is 0. The van der Waals surface area contributed by atoms with Crippen molar-refractivity contribution in [2.45, 2.75) is 58.2 Å². The van der Waals surface area contributed by atoms with Crippen molar-refractivity contribution >= 4 is 34.1 Å². The first-order valence-corrected chi connectivity index (χ1v) is 11.4. The summed E-state index contributed by atoms with van der Waals surface area (Å²) >= 11 is 5.71. The fourth-order valence-electron chi connectivity index (χ4n) is 3.51. The normalized spacial score (nSPS) is 13.5. The highest BCUT2D eigenvalue weighted by atomic mass is 35.5. The number of anilines is 1. The summed E-state index contributed by atoms with van der Waals surface area (Å²) in [6.45, 7) is 1.65. The van der Waals surface area contributed by atoms with Gasteiger partial charge in [-0.1, -0.05) is 50.1 Å². The quantitative estimate of drug-likeness (QED) is 0.392. The predicted molar refractivity (Wildman–Crippen MR) is 128 cm³/mol. The molecule has 2 heterocycles. The van der Waals surface area contributed by atoms with E-state index in [1.165, 1.54) is 56.7 Å². The molecule has 5 nitrogen and oxygen atoms in total. The zero-order chi connectivity index (χ0) is 25.3. The van der Waals surface area contributed by atoms with E-state index >= 15 is 0 Å². The van der Waals surface area contributed by atoms with Crippen molar-refractivity contribution in [1.29, 1.82) is 0 Å². The number of nitrogens with two attached hydrogens (primary N) is 2. The number of alkyl halides is 4. The molecule has 0 aliphatic heterocycles. The number of hydrogen-bond donors (Lipinski definition) is 2. The summed E-state index contributed by atoms with van der Waals surface area (Å²) in [6, 6.07) is 6.82. The zero-order valence-corrected chi connectivity index (χ0v) is 19.7. The molecule has 0 unspecified atom stereocenters. The summed E-state index contributed by atoms with van der Waals surface area (Å²) in [5, 5.41) is 0.821. The van der Waals surface area contributed by atoms with Gasteiger partial charge in [0.25, 0.3) is 0 Å². The maximum absolute atomic E-state index is 12.4. The number of amides is 1. The Morgan fingerprint density at radius 2 is 1.68 bits per heavy atom. The van der Waals surface area contributed by atoms with Crippen molar-refractivity contribution in [2.75, 3.05) is 12.4 Å². The van der Waals surface area contributed by atoms with Crippen LogP contribution in [0.4, 0.5) is 23.2 Å². The second kappa shape index (κ2) is 12.6. The summed E-state index contributed by atoms with van der Waals surface area (Å²) in [4.78, 5) is 14.2.